The Kier molecular flexibility index (Phi) is 6.60. The highest BCUT2D eigenvalue weighted by atomic mass is 19.4. The first kappa shape index (κ1) is 20.5. The van der Waals surface area contributed by atoms with E-state index in [4.69, 9.17) is 5.11 Å². The SMILES string of the molecule is Cc1cccc(CC(=O)N[C@@H](CC(=O)O)Cc2ccc(C(F)(F)F)cc2)c1. The number of alkyl halides is 3. The highest BCUT2D eigenvalue weighted by Crippen LogP contribution is 2.29. The Labute approximate surface area is 155 Å². The van der Waals surface area contributed by atoms with E-state index in [0.717, 1.165) is 23.3 Å². The van der Waals surface area contributed by atoms with Crippen molar-refractivity contribution in [1.29, 1.82) is 0 Å². The van der Waals surface area contributed by atoms with Gasteiger partial charge in [0, 0.05) is 6.04 Å². The van der Waals surface area contributed by atoms with Crippen LogP contribution in [0.5, 0.6) is 0 Å². The first-order valence-electron chi connectivity index (χ1n) is 8.36. The topological polar surface area (TPSA) is 66.4 Å². The van der Waals surface area contributed by atoms with Crippen molar-refractivity contribution in [3.63, 3.8) is 0 Å². The molecular formula is C20H20F3NO3. The minimum absolute atomic E-state index is 0.102. The fourth-order valence-corrected chi connectivity index (χ4v) is 2.79. The van der Waals surface area contributed by atoms with Gasteiger partial charge in [-0.15, -0.1) is 0 Å². The molecule has 7 heteroatoms. The number of amides is 1. The number of aliphatic carboxylic acids is 1. The van der Waals surface area contributed by atoms with E-state index in [2.05, 4.69) is 5.32 Å². The zero-order chi connectivity index (χ0) is 20.0. The Morgan fingerprint density at radius 2 is 1.74 bits per heavy atom. The van der Waals surface area contributed by atoms with Gasteiger partial charge in [-0.3, -0.25) is 9.59 Å². The van der Waals surface area contributed by atoms with Gasteiger partial charge in [-0.2, -0.15) is 13.2 Å². The lowest BCUT2D eigenvalue weighted by atomic mass is 10.0. The summed E-state index contributed by atoms with van der Waals surface area (Å²) in [6.07, 6.45) is -4.52. The number of carboxylic acids is 1. The van der Waals surface area contributed by atoms with E-state index in [1.54, 1.807) is 6.07 Å². The zero-order valence-electron chi connectivity index (χ0n) is 14.7. The average molecular weight is 379 g/mol. The molecule has 2 aromatic rings. The molecule has 0 aliphatic carbocycles. The third-order valence-corrected chi connectivity index (χ3v) is 4.00. The second-order valence-electron chi connectivity index (χ2n) is 6.43. The minimum atomic E-state index is -4.43. The van der Waals surface area contributed by atoms with Crippen molar-refractivity contribution in [2.24, 2.45) is 0 Å². The Hall–Kier alpha value is -2.83. The van der Waals surface area contributed by atoms with Crippen molar-refractivity contribution in [3.05, 3.63) is 70.8 Å². The molecule has 1 amide bonds. The molecule has 0 aliphatic rings. The Morgan fingerprint density at radius 1 is 1.07 bits per heavy atom. The van der Waals surface area contributed by atoms with Gasteiger partial charge in [0.25, 0.3) is 0 Å². The third kappa shape index (κ3) is 6.77. The van der Waals surface area contributed by atoms with Crippen LogP contribution < -0.4 is 5.32 Å². The van der Waals surface area contributed by atoms with Gasteiger partial charge in [0.1, 0.15) is 0 Å². The largest absolute Gasteiger partial charge is 0.481 e. The number of halogens is 3. The molecule has 0 aliphatic heterocycles. The monoisotopic (exact) mass is 379 g/mol. The summed E-state index contributed by atoms with van der Waals surface area (Å²) in [6.45, 7) is 1.90. The second-order valence-corrected chi connectivity index (χ2v) is 6.43. The number of rotatable bonds is 7. The molecule has 0 unspecified atom stereocenters. The number of aryl methyl sites for hydroxylation is 1. The van der Waals surface area contributed by atoms with E-state index in [-0.39, 0.29) is 25.2 Å². The van der Waals surface area contributed by atoms with E-state index in [1.165, 1.54) is 12.1 Å². The van der Waals surface area contributed by atoms with Crippen molar-refractivity contribution in [2.75, 3.05) is 0 Å². The van der Waals surface area contributed by atoms with Gasteiger partial charge in [0.05, 0.1) is 18.4 Å². The van der Waals surface area contributed by atoms with Crippen molar-refractivity contribution < 1.29 is 27.9 Å². The van der Waals surface area contributed by atoms with E-state index >= 15 is 0 Å². The van der Waals surface area contributed by atoms with Gasteiger partial charge < -0.3 is 10.4 Å². The summed E-state index contributed by atoms with van der Waals surface area (Å²) in [6, 6.07) is 11.2. The number of benzene rings is 2. The van der Waals surface area contributed by atoms with Crippen LogP contribution in [0.1, 0.15) is 28.7 Å². The molecule has 27 heavy (non-hydrogen) atoms. The molecular weight excluding hydrogens is 359 g/mol. The van der Waals surface area contributed by atoms with Crippen LogP contribution in [0, 0.1) is 6.92 Å². The van der Waals surface area contributed by atoms with Crippen molar-refractivity contribution >= 4 is 11.9 Å². The maximum absolute atomic E-state index is 12.6. The van der Waals surface area contributed by atoms with E-state index in [1.807, 2.05) is 25.1 Å². The number of hydrogen-bond acceptors (Lipinski definition) is 2. The van der Waals surface area contributed by atoms with Crippen LogP contribution in [0.15, 0.2) is 48.5 Å². The normalized spacial score (nSPS) is 12.4. The molecule has 0 radical (unpaired) electrons. The minimum Gasteiger partial charge on any atom is -0.481 e. The predicted octanol–water partition coefficient (Wildman–Crippen LogP) is 3.76. The first-order chi connectivity index (χ1) is 12.6. The van der Waals surface area contributed by atoms with E-state index < -0.39 is 23.8 Å². The van der Waals surface area contributed by atoms with Crippen molar-refractivity contribution in [2.45, 2.75) is 38.4 Å². The molecule has 0 aromatic heterocycles. The molecule has 0 saturated heterocycles. The van der Waals surface area contributed by atoms with Crippen LogP contribution in [-0.4, -0.2) is 23.0 Å². The standard InChI is InChI=1S/C20H20F3NO3/c1-13-3-2-4-15(9-13)11-18(25)24-17(12-19(26)27)10-14-5-7-16(8-6-14)20(21,22)23/h2-9,17H,10-12H2,1H3,(H,24,25)(H,26,27)/t17-/m1/s1. The summed E-state index contributed by atoms with van der Waals surface area (Å²) < 4.78 is 37.9. The van der Waals surface area contributed by atoms with Crippen LogP contribution in [0.2, 0.25) is 0 Å². The van der Waals surface area contributed by atoms with Crippen LogP contribution in [-0.2, 0) is 28.6 Å². The van der Waals surface area contributed by atoms with Crippen molar-refractivity contribution in [1.82, 2.24) is 5.32 Å². The summed E-state index contributed by atoms with van der Waals surface area (Å²) >= 11 is 0. The molecule has 4 nitrogen and oxygen atoms in total. The molecule has 2 rings (SSSR count). The van der Waals surface area contributed by atoms with Crippen LogP contribution in [0.4, 0.5) is 13.2 Å². The van der Waals surface area contributed by atoms with Gasteiger partial charge in [-0.05, 0) is 36.6 Å². The Balaban J connectivity index is 2.04. The van der Waals surface area contributed by atoms with Gasteiger partial charge >= 0.3 is 12.1 Å². The van der Waals surface area contributed by atoms with Crippen LogP contribution in [0.25, 0.3) is 0 Å². The fraction of sp³-hybridized carbons (Fsp3) is 0.300. The number of carbonyl (C=O) groups is 2. The molecule has 144 valence electrons. The van der Waals surface area contributed by atoms with Crippen LogP contribution >= 0.6 is 0 Å². The summed E-state index contributed by atoms with van der Waals surface area (Å²) in [5.41, 5.74) is 1.55. The maximum Gasteiger partial charge on any atom is 0.416 e. The highest BCUT2D eigenvalue weighted by Gasteiger charge is 2.30. The average Bonchev–Trinajstić information content (AvgIpc) is 2.53. The molecule has 0 bridgehead atoms. The summed E-state index contributed by atoms with van der Waals surface area (Å²) in [5, 5.41) is 11.7. The third-order valence-electron chi connectivity index (χ3n) is 4.00. The number of hydrogen-bond donors (Lipinski definition) is 2. The summed E-state index contributed by atoms with van der Waals surface area (Å²) in [5.74, 6) is -1.43. The van der Waals surface area contributed by atoms with Crippen LogP contribution in [0.3, 0.4) is 0 Å². The Bertz CT molecular complexity index is 801. The summed E-state index contributed by atoms with van der Waals surface area (Å²) in [4.78, 5) is 23.3. The molecule has 0 fully saturated rings. The quantitative estimate of drug-likeness (QED) is 0.770. The van der Waals surface area contributed by atoms with Crippen molar-refractivity contribution in [3.8, 4) is 0 Å². The number of nitrogens with one attached hydrogen (secondary N) is 1. The summed E-state index contributed by atoms with van der Waals surface area (Å²) in [7, 11) is 0. The maximum atomic E-state index is 12.6. The lowest BCUT2D eigenvalue weighted by molar-refractivity contribution is -0.138. The molecule has 2 N–H and O–H groups in total. The second kappa shape index (κ2) is 8.70. The molecule has 1 atom stereocenters. The first-order valence-corrected chi connectivity index (χ1v) is 8.36. The van der Waals surface area contributed by atoms with E-state index in [9.17, 15) is 22.8 Å². The van der Waals surface area contributed by atoms with Gasteiger partial charge in [-0.1, -0.05) is 42.0 Å². The lowest BCUT2D eigenvalue weighted by Crippen LogP contribution is -2.39. The number of carbonyl (C=O) groups excluding carboxylic acids is 1. The van der Waals surface area contributed by atoms with E-state index in [0.29, 0.717) is 5.56 Å². The van der Waals surface area contributed by atoms with Gasteiger partial charge in [0.2, 0.25) is 5.91 Å². The fourth-order valence-electron chi connectivity index (χ4n) is 2.79. The Morgan fingerprint density at radius 3 is 2.30 bits per heavy atom. The van der Waals surface area contributed by atoms with Gasteiger partial charge in [0.15, 0.2) is 0 Å². The zero-order valence-corrected chi connectivity index (χ0v) is 14.7. The molecule has 0 heterocycles. The lowest BCUT2D eigenvalue weighted by Gasteiger charge is -2.18. The smallest absolute Gasteiger partial charge is 0.416 e. The number of carboxylic acid groups (broad SMARTS) is 1. The molecule has 2 aromatic carbocycles. The predicted molar refractivity (Wildman–Crippen MR) is 94.2 cm³/mol. The molecule has 0 spiro atoms. The van der Waals surface area contributed by atoms with Gasteiger partial charge in [-0.25, -0.2) is 0 Å². The molecule has 0 saturated carbocycles. The highest BCUT2D eigenvalue weighted by molar-refractivity contribution is 5.79.